The van der Waals surface area contributed by atoms with Crippen molar-refractivity contribution in [3.8, 4) is 0 Å². The molecule has 4 rings (SSSR count). The van der Waals surface area contributed by atoms with E-state index in [1.54, 1.807) is 16.8 Å². The largest absolute Gasteiger partial charge is 0.381 e. The summed E-state index contributed by atoms with van der Waals surface area (Å²) in [5, 5.41) is 10.6. The number of hydrogen-bond donors (Lipinski definition) is 2. The minimum Gasteiger partial charge on any atom is -0.381 e. The average molecular weight is 492 g/mol. The lowest BCUT2D eigenvalue weighted by atomic mass is 10.2. The second-order valence-electron chi connectivity index (χ2n) is 8.69. The molecule has 0 radical (unpaired) electrons. The van der Waals surface area contributed by atoms with Crippen LogP contribution in [-0.4, -0.2) is 74.0 Å². The first-order valence-corrected chi connectivity index (χ1v) is 13.2. The standard InChI is InChI=1S/C23H33N5O5S/c1-17-14-18(2)28(26-17)8-7-23(29)25-22-15-20(34(30,31)27-9-12-32-13-10-27)5-6-21(22)24-16-19-4-3-11-33-19/h5-6,14-15,19,24H,3-4,7-13,16H2,1-2H3,(H,25,29). The van der Waals surface area contributed by atoms with Gasteiger partial charge in [-0.05, 0) is 51.0 Å². The second-order valence-corrected chi connectivity index (χ2v) is 10.6. The Hall–Kier alpha value is -2.47. The van der Waals surface area contributed by atoms with Crippen LogP contribution in [0.15, 0.2) is 29.2 Å². The van der Waals surface area contributed by atoms with Crippen LogP contribution in [0, 0.1) is 13.8 Å². The Morgan fingerprint density at radius 2 is 1.94 bits per heavy atom. The first kappa shape index (κ1) is 24.6. The first-order valence-electron chi connectivity index (χ1n) is 11.7. The molecule has 1 atom stereocenters. The monoisotopic (exact) mass is 491 g/mol. The normalized spacial score (nSPS) is 19.3. The average Bonchev–Trinajstić information content (AvgIpc) is 3.46. The highest BCUT2D eigenvalue weighted by molar-refractivity contribution is 7.89. The number of aryl methyl sites for hydroxylation is 3. The molecule has 2 N–H and O–H groups in total. The third-order valence-corrected chi connectivity index (χ3v) is 7.97. The van der Waals surface area contributed by atoms with Crippen molar-refractivity contribution in [1.82, 2.24) is 14.1 Å². The summed E-state index contributed by atoms with van der Waals surface area (Å²) in [6.45, 7) is 7.00. The number of carbonyl (C=O) groups excluding carboxylic acids is 1. The molecule has 1 unspecified atom stereocenters. The van der Waals surface area contributed by atoms with Crippen LogP contribution in [0.2, 0.25) is 0 Å². The van der Waals surface area contributed by atoms with Crippen LogP contribution in [0.25, 0.3) is 0 Å². The zero-order valence-electron chi connectivity index (χ0n) is 19.7. The van der Waals surface area contributed by atoms with Gasteiger partial charge in [-0.1, -0.05) is 0 Å². The van der Waals surface area contributed by atoms with E-state index in [0.717, 1.165) is 30.8 Å². The van der Waals surface area contributed by atoms with Gasteiger partial charge in [0.1, 0.15) is 0 Å². The predicted molar refractivity (Wildman–Crippen MR) is 128 cm³/mol. The number of carbonyl (C=O) groups is 1. The van der Waals surface area contributed by atoms with Crippen LogP contribution in [0.5, 0.6) is 0 Å². The smallest absolute Gasteiger partial charge is 0.243 e. The SMILES string of the molecule is Cc1cc(C)n(CCC(=O)Nc2cc(S(=O)(=O)N3CCOCC3)ccc2NCC2CCCO2)n1. The van der Waals surface area contributed by atoms with Gasteiger partial charge in [-0.2, -0.15) is 9.40 Å². The van der Waals surface area contributed by atoms with Gasteiger partial charge in [0.05, 0.1) is 41.3 Å². The Labute approximate surface area is 200 Å². The summed E-state index contributed by atoms with van der Waals surface area (Å²) in [5.41, 5.74) is 2.99. The number of ether oxygens (including phenoxy) is 2. The van der Waals surface area contributed by atoms with E-state index in [1.165, 1.54) is 10.4 Å². The van der Waals surface area contributed by atoms with Crippen molar-refractivity contribution in [2.45, 2.75) is 50.7 Å². The van der Waals surface area contributed by atoms with Crippen LogP contribution in [0.3, 0.4) is 0 Å². The maximum Gasteiger partial charge on any atom is 0.243 e. The molecule has 2 aliphatic heterocycles. The van der Waals surface area contributed by atoms with E-state index in [1.807, 2.05) is 19.9 Å². The first-order chi connectivity index (χ1) is 16.3. The molecule has 1 amide bonds. The fourth-order valence-electron chi connectivity index (χ4n) is 4.23. The van der Waals surface area contributed by atoms with Crippen LogP contribution in [0.4, 0.5) is 11.4 Å². The fourth-order valence-corrected chi connectivity index (χ4v) is 5.66. The molecule has 0 bridgehead atoms. The number of rotatable bonds is 9. The number of anilines is 2. The predicted octanol–water partition coefficient (Wildman–Crippen LogP) is 2.14. The maximum atomic E-state index is 13.2. The number of nitrogens with zero attached hydrogens (tertiary/aromatic N) is 3. The van der Waals surface area contributed by atoms with Crippen LogP contribution >= 0.6 is 0 Å². The van der Waals surface area contributed by atoms with Gasteiger partial charge in [-0.3, -0.25) is 9.48 Å². The van der Waals surface area contributed by atoms with E-state index < -0.39 is 10.0 Å². The lowest BCUT2D eigenvalue weighted by Gasteiger charge is -2.26. The molecule has 10 nitrogen and oxygen atoms in total. The van der Waals surface area contributed by atoms with Crippen molar-refractivity contribution < 1.29 is 22.7 Å². The molecule has 2 fully saturated rings. The van der Waals surface area contributed by atoms with Gasteiger partial charge in [0, 0.05) is 44.9 Å². The third-order valence-electron chi connectivity index (χ3n) is 6.07. The van der Waals surface area contributed by atoms with Crippen molar-refractivity contribution >= 4 is 27.3 Å². The number of morpholine rings is 1. The number of amides is 1. The number of nitrogens with one attached hydrogen (secondary N) is 2. The van der Waals surface area contributed by atoms with Gasteiger partial charge in [0.15, 0.2) is 0 Å². The minimum absolute atomic E-state index is 0.103. The van der Waals surface area contributed by atoms with Crippen molar-refractivity contribution in [2.24, 2.45) is 0 Å². The van der Waals surface area contributed by atoms with Gasteiger partial charge < -0.3 is 20.1 Å². The molecule has 186 valence electrons. The highest BCUT2D eigenvalue weighted by Gasteiger charge is 2.27. The van der Waals surface area contributed by atoms with Crippen molar-refractivity contribution in [3.63, 3.8) is 0 Å². The molecular weight excluding hydrogens is 458 g/mol. The van der Waals surface area contributed by atoms with Crippen LogP contribution < -0.4 is 10.6 Å². The van der Waals surface area contributed by atoms with Gasteiger partial charge in [0.2, 0.25) is 15.9 Å². The zero-order valence-corrected chi connectivity index (χ0v) is 20.6. The van der Waals surface area contributed by atoms with Gasteiger partial charge in [-0.15, -0.1) is 0 Å². The Morgan fingerprint density at radius 3 is 2.62 bits per heavy atom. The van der Waals surface area contributed by atoms with Crippen molar-refractivity contribution in [1.29, 1.82) is 0 Å². The molecule has 0 saturated carbocycles. The molecular formula is C23H33N5O5S. The van der Waals surface area contributed by atoms with Crippen LogP contribution in [-0.2, 0) is 30.8 Å². The zero-order chi connectivity index (χ0) is 24.1. The molecule has 1 aromatic carbocycles. The molecule has 3 heterocycles. The van der Waals surface area contributed by atoms with Gasteiger partial charge in [0.25, 0.3) is 0 Å². The fraction of sp³-hybridized carbons (Fsp3) is 0.565. The molecule has 2 saturated heterocycles. The topological polar surface area (TPSA) is 115 Å². The van der Waals surface area contributed by atoms with E-state index in [0.29, 0.717) is 50.8 Å². The summed E-state index contributed by atoms with van der Waals surface area (Å²) in [7, 11) is -3.69. The Morgan fingerprint density at radius 1 is 1.15 bits per heavy atom. The minimum atomic E-state index is -3.69. The quantitative estimate of drug-likeness (QED) is 0.552. The highest BCUT2D eigenvalue weighted by atomic mass is 32.2. The third kappa shape index (κ3) is 5.96. The molecule has 2 aliphatic rings. The summed E-state index contributed by atoms with van der Waals surface area (Å²) in [4.78, 5) is 12.9. The highest BCUT2D eigenvalue weighted by Crippen LogP contribution is 2.28. The van der Waals surface area contributed by atoms with E-state index in [9.17, 15) is 13.2 Å². The summed E-state index contributed by atoms with van der Waals surface area (Å²) in [6, 6.07) is 6.78. The maximum absolute atomic E-state index is 13.2. The molecule has 0 spiro atoms. The van der Waals surface area contributed by atoms with Crippen LogP contribution in [0.1, 0.15) is 30.7 Å². The van der Waals surface area contributed by atoms with Crippen molar-refractivity contribution in [3.05, 3.63) is 35.7 Å². The second kappa shape index (κ2) is 10.9. The Kier molecular flexibility index (Phi) is 7.87. The van der Waals surface area contributed by atoms with E-state index in [2.05, 4.69) is 15.7 Å². The molecule has 1 aromatic heterocycles. The molecule has 34 heavy (non-hydrogen) atoms. The van der Waals surface area contributed by atoms with E-state index >= 15 is 0 Å². The lowest BCUT2D eigenvalue weighted by molar-refractivity contribution is -0.116. The molecule has 11 heteroatoms. The number of hydrogen-bond acceptors (Lipinski definition) is 7. The summed E-state index contributed by atoms with van der Waals surface area (Å²) in [5.74, 6) is -0.214. The van der Waals surface area contributed by atoms with Crippen molar-refractivity contribution in [2.75, 3.05) is 50.1 Å². The van der Waals surface area contributed by atoms with E-state index in [-0.39, 0.29) is 23.3 Å². The summed E-state index contributed by atoms with van der Waals surface area (Å²) < 4.78 is 40.5. The molecule has 2 aromatic rings. The van der Waals surface area contributed by atoms with Gasteiger partial charge in [-0.25, -0.2) is 8.42 Å². The molecule has 0 aliphatic carbocycles. The number of sulfonamides is 1. The number of benzene rings is 1. The van der Waals surface area contributed by atoms with E-state index in [4.69, 9.17) is 9.47 Å². The Bertz CT molecular complexity index is 1100. The Balaban J connectivity index is 1.51. The number of aromatic nitrogens is 2. The summed E-state index contributed by atoms with van der Waals surface area (Å²) in [6.07, 6.45) is 2.32. The van der Waals surface area contributed by atoms with Gasteiger partial charge >= 0.3 is 0 Å². The lowest BCUT2D eigenvalue weighted by Crippen LogP contribution is -2.40. The summed E-state index contributed by atoms with van der Waals surface area (Å²) >= 11 is 0.